The first-order valence-electron chi connectivity index (χ1n) is 11.4. The van der Waals surface area contributed by atoms with Gasteiger partial charge >= 0.3 is 0 Å². The van der Waals surface area contributed by atoms with Crippen molar-refractivity contribution in [2.45, 2.75) is 143 Å². The van der Waals surface area contributed by atoms with Crippen LogP contribution in [-0.4, -0.2) is 4.43 Å². The van der Waals surface area contributed by atoms with Crippen LogP contribution in [0.15, 0.2) is 0 Å². The molecular weight excluding hydrogens is 530 g/mol. The molecule has 0 heterocycles. The molecule has 156 valence electrons. The minimum atomic E-state index is 0. The van der Waals surface area contributed by atoms with Gasteiger partial charge in [0.2, 0.25) is 0 Å². The Hall–Kier alpha value is 1.46. The zero-order valence-corrected chi connectivity index (χ0v) is 22.4. The molecular formula is C23H50I2. The van der Waals surface area contributed by atoms with Gasteiger partial charge in [-0.1, -0.05) is 159 Å². The summed E-state index contributed by atoms with van der Waals surface area (Å²) >= 11 is 2.46. The minimum absolute atomic E-state index is 0. The number of hydrogen-bond acceptors (Lipinski definition) is 0. The first kappa shape index (κ1) is 31.2. The van der Waals surface area contributed by atoms with Crippen LogP contribution in [0.5, 0.6) is 0 Å². The maximum atomic E-state index is 2.46. The lowest BCUT2D eigenvalue weighted by Crippen LogP contribution is -1.80. The summed E-state index contributed by atoms with van der Waals surface area (Å²) in [6, 6.07) is 0. The Bertz CT molecular complexity index is 165. The Labute approximate surface area is 192 Å². The van der Waals surface area contributed by atoms with Crippen LogP contribution in [0.25, 0.3) is 0 Å². The lowest BCUT2D eigenvalue weighted by molar-refractivity contribution is 0.554. The van der Waals surface area contributed by atoms with Crippen LogP contribution in [0.2, 0.25) is 0 Å². The van der Waals surface area contributed by atoms with E-state index in [-0.39, 0.29) is 24.0 Å². The summed E-state index contributed by atoms with van der Waals surface area (Å²) in [6.07, 6.45) is 27.5. The van der Waals surface area contributed by atoms with E-state index in [1.54, 1.807) is 0 Å². The summed E-state index contributed by atoms with van der Waals surface area (Å²) in [5.74, 6) is 0. The van der Waals surface area contributed by atoms with Crippen LogP contribution >= 0.6 is 46.6 Å². The van der Waals surface area contributed by atoms with Crippen LogP contribution < -0.4 is 0 Å². The standard InChI is InChI=1S/C13H28.C10H21I.HI/c1-3-5-7-9-11-13-12-10-8-6-4-2;1-2-3-4-5-6-7-8-9-10-11;/h3-13H2,1-2H3;2-10H2,1H3;1H. The Kier molecular flexibility index (Phi) is 41.2. The molecule has 0 aliphatic carbocycles. The van der Waals surface area contributed by atoms with Gasteiger partial charge in [-0.25, -0.2) is 0 Å². The average Bonchev–Trinajstić information content (AvgIpc) is 2.60. The fourth-order valence-corrected chi connectivity index (χ4v) is 3.51. The molecule has 2 heteroatoms. The van der Waals surface area contributed by atoms with Gasteiger partial charge in [-0.15, -0.1) is 24.0 Å². The zero-order chi connectivity index (χ0) is 18.1. The molecule has 0 aromatic heterocycles. The molecule has 0 fully saturated rings. The smallest absolute Gasteiger partial charge is 0.000473 e. The van der Waals surface area contributed by atoms with Gasteiger partial charge in [-0.05, 0) is 10.8 Å². The van der Waals surface area contributed by atoms with Crippen molar-refractivity contribution in [1.29, 1.82) is 0 Å². The number of unbranched alkanes of at least 4 members (excludes halogenated alkanes) is 17. The average molecular weight is 580 g/mol. The second-order valence-corrected chi connectivity index (χ2v) is 8.42. The highest BCUT2D eigenvalue weighted by Crippen LogP contribution is 2.11. The predicted octanol–water partition coefficient (Wildman–Crippen LogP) is 10.5. The highest BCUT2D eigenvalue weighted by molar-refractivity contribution is 14.1. The molecule has 0 spiro atoms. The maximum absolute atomic E-state index is 2.46. The van der Waals surface area contributed by atoms with Crippen LogP contribution in [0.3, 0.4) is 0 Å². The topological polar surface area (TPSA) is 0 Å². The van der Waals surface area contributed by atoms with Gasteiger partial charge in [0.05, 0.1) is 0 Å². The predicted molar refractivity (Wildman–Crippen MR) is 139 cm³/mol. The van der Waals surface area contributed by atoms with Crippen LogP contribution in [0.4, 0.5) is 0 Å². The Balaban J connectivity index is -0.000000377. The molecule has 0 saturated carbocycles. The van der Waals surface area contributed by atoms with Crippen molar-refractivity contribution in [1.82, 2.24) is 0 Å². The summed E-state index contributed by atoms with van der Waals surface area (Å²) < 4.78 is 1.34. The van der Waals surface area contributed by atoms with E-state index in [4.69, 9.17) is 0 Å². The Morgan fingerprint density at radius 3 is 0.760 bits per heavy atom. The molecule has 0 nitrogen and oxygen atoms in total. The van der Waals surface area contributed by atoms with Crippen molar-refractivity contribution in [3.8, 4) is 0 Å². The van der Waals surface area contributed by atoms with Crippen molar-refractivity contribution in [2.75, 3.05) is 4.43 Å². The second-order valence-electron chi connectivity index (χ2n) is 7.35. The fourth-order valence-electron chi connectivity index (χ4n) is 2.97. The van der Waals surface area contributed by atoms with Crippen molar-refractivity contribution in [2.24, 2.45) is 0 Å². The van der Waals surface area contributed by atoms with E-state index in [1.165, 1.54) is 126 Å². The monoisotopic (exact) mass is 580 g/mol. The van der Waals surface area contributed by atoms with Crippen molar-refractivity contribution in [3.63, 3.8) is 0 Å². The van der Waals surface area contributed by atoms with Crippen LogP contribution in [0, 0.1) is 0 Å². The van der Waals surface area contributed by atoms with E-state index in [9.17, 15) is 0 Å². The number of halogens is 2. The molecule has 0 unspecified atom stereocenters. The van der Waals surface area contributed by atoms with E-state index in [0.29, 0.717) is 0 Å². The molecule has 0 saturated heterocycles. The number of hydrogen-bond donors (Lipinski definition) is 0. The molecule has 0 aliphatic rings. The first-order chi connectivity index (χ1) is 11.8. The molecule has 25 heavy (non-hydrogen) atoms. The second kappa shape index (κ2) is 33.1. The minimum Gasteiger partial charge on any atom is -0.107 e. The van der Waals surface area contributed by atoms with Gasteiger partial charge < -0.3 is 0 Å². The van der Waals surface area contributed by atoms with Crippen LogP contribution in [-0.2, 0) is 0 Å². The quantitative estimate of drug-likeness (QED) is 0.0860. The molecule has 0 rings (SSSR count). The SMILES string of the molecule is CCCCCCCCCCCCC.CCCCCCCCCCI.I. The summed E-state index contributed by atoms with van der Waals surface area (Å²) in [5, 5.41) is 0. The van der Waals surface area contributed by atoms with E-state index in [0.717, 1.165) is 0 Å². The van der Waals surface area contributed by atoms with Crippen molar-refractivity contribution in [3.05, 3.63) is 0 Å². The molecule has 0 aromatic carbocycles. The van der Waals surface area contributed by atoms with Gasteiger partial charge in [0.1, 0.15) is 0 Å². The highest BCUT2D eigenvalue weighted by Gasteiger charge is 1.91. The van der Waals surface area contributed by atoms with Gasteiger partial charge in [-0.3, -0.25) is 0 Å². The van der Waals surface area contributed by atoms with E-state index in [2.05, 4.69) is 43.4 Å². The molecule has 0 aliphatic heterocycles. The molecule has 0 amide bonds. The molecule has 0 bridgehead atoms. The molecule has 0 radical (unpaired) electrons. The van der Waals surface area contributed by atoms with Gasteiger partial charge in [0.25, 0.3) is 0 Å². The normalized spacial score (nSPS) is 10.1. The van der Waals surface area contributed by atoms with Gasteiger partial charge in [0, 0.05) is 0 Å². The lowest BCUT2D eigenvalue weighted by Gasteiger charge is -2.00. The summed E-state index contributed by atoms with van der Waals surface area (Å²) in [6.45, 7) is 6.84. The Morgan fingerprint density at radius 2 is 0.560 bits per heavy atom. The molecule has 0 aromatic rings. The number of rotatable bonds is 18. The third kappa shape index (κ3) is 37.0. The van der Waals surface area contributed by atoms with E-state index < -0.39 is 0 Å². The zero-order valence-electron chi connectivity index (χ0n) is 17.9. The number of alkyl halides is 1. The summed E-state index contributed by atoms with van der Waals surface area (Å²) in [4.78, 5) is 0. The summed E-state index contributed by atoms with van der Waals surface area (Å²) in [5.41, 5.74) is 0. The maximum Gasteiger partial charge on any atom is -0.000473 e. The van der Waals surface area contributed by atoms with Gasteiger partial charge in [0.15, 0.2) is 0 Å². The van der Waals surface area contributed by atoms with Crippen LogP contribution in [0.1, 0.15) is 143 Å². The Morgan fingerprint density at radius 1 is 0.360 bits per heavy atom. The van der Waals surface area contributed by atoms with Crippen molar-refractivity contribution < 1.29 is 0 Å². The molecule has 0 N–H and O–H groups in total. The highest BCUT2D eigenvalue weighted by atomic mass is 127. The fraction of sp³-hybridized carbons (Fsp3) is 1.00. The largest absolute Gasteiger partial charge is 0.107 e. The van der Waals surface area contributed by atoms with E-state index in [1.807, 2.05) is 0 Å². The van der Waals surface area contributed by atoms with Gasteiger partial charge in [-0.2, -0.15) is 0 Å². The van der Waals surface area contributed by atoms with Crippen molar-refractivity contribution >= 4 is 46.6 Å². The first-order valence-corrected chi connectivity index (χ1v) is 12.9. The third-order valence-electron chi connectivity index (χ3n) is 4.69. The van der Waals surface area contributed by atoms with E-state index >= 15 is 0 Å². The molecule has 0 atom stereocenters. The lowest BCUT2D eigenvalue weighted by atomic mass is 10.1. The summed E-state index contributed by atoms with van der Waals surface area (Å²) in [7, 11) is 0. The third-order valence-corrected chi connectivity index (χ3v) is 5.46.